The normalized spacial score (nSPS) is 16.0. The number of ether oxygens (including phenoxy) is 2. The molecule has 0 aromatic heterocycles. The number of nitrogens with one attached hydrogen (secondary N) is 2. The van der Waals surface area contributed by atoms with Gasteiger partial charge in [-0.25, -0.2) is 9.59 Å². The van der Waals surface area contributed by atoms with E-state index >= 15 is 0 Å². The summed E-state index contributed by atoms with van der Waals surface area (Å²) in [4.78, 5) is 24.7. The summed E-state index contributed by atoms with van der Waals surface area (Å²) < 4.78 is 11.0. The van der Waals surface area contributed by atoms with E-state index in [0.717, 1.165) is 17.5 Å². The Kier molecular flexibility index (Phi) is 6.77. The van der Waals surface area contributed by atoms with Gasteiger partial charge in [0, 0.05) is 5.70 Å². The van der Waals surface area contributed by atoms with E-state index in [-0.39, 0.29) is 6.03 Å². The smallest absolute Gasteiger partial charge is 0.337 e. The van der Waals surface area contributed by atoms with Gasteiger partial charge in [-0.1, -0.05) is 49.2 Å². The third-order valence-electron chi connectivity index (χ3n) is 5.15. The van der Waals surface area contributed by atoms with E-state index < -0.39 is 12.0 Å². The number of allylic oxidation sites excluding steroid dienone is 1. The quantitative estimate of drug-likeness (QED) is 0.663. The summed E-state index contributed by atoms with van der Waals surface area (Å²) in [6, 6.07) is 12.8. The standard InChI is InChI=1S/C24H28N2O4/c1-5-7-20-21(23(27)29-4)22(26-24(28)25-20)17-8-6-9-19(13-17)30-14-18-12-15(2)10-11-16(18)3/h6,8-13,22H,5,7,14H2,1-4H3,(H2,25,26,28). The fourth-order valence-corrected chi connectivity index (χ4v) is 3.57. The molecule has 0 bridgehead atoms. The van der Waals surface area contributed by atoms with Crippen LogP contribution in [-0.2, 0) is 16.1 Å². The Morgan fingerprint density at radius 3 is 2.67 bits per heavy atom. The Hall–Kier alpha value is -3.28. The van der Waals surface area contributed by atoms with Gasteiger partial charge in [-0.2, -0.15) is 0 Å². The lowest BCUT2D eigenvalue weighted by Gasteiger charge is -2.29. The van der Waals surface area contributed by atoms with Crippen LogP contribution in [0.2, 0.25) is 0 Å². The van der Waals surface area contributed by atoms with E-state index in [4.69, 9.17) is 9.47 Å². The van der Waals surface area contributed by atoms with Gasteiger partial charge in [0.25, 0.3) is 0 Å². The minimum absolute atomic E-state index is 0.335. The average Bonchev–Trinajstić information content (AvgIpc) is 2.74. The third kappa shape index (κ3) is 4.82. The molecule has 3 rings (SSSR count). The van der Waals surface area contributed by atoms with Crippen LogP contribution in [0.4, 0.5) is 4.79 Å². The molecule has 1 unspecified atom stereocenters. The number of benzene rings is 2. The second kappa shape index (κ2) is 9.48. The van der Waals surface area contributed by atoms with Gasteiger partial charge in [0.05, 0.1) is 18.7 Å². The molecule has 6 nitrogen and oxygen atoms in total. The Balaban J connectivity index is 1.89. The van der Waals surface area contributed by atoms with E-state index in [1.165, 1.54) is 18.2 Å². The molecule has 0 radical (unpaired) electrons. The summed E-state index contributed by atoms with van der Waals surface area (Å²) in [6.45, 7) is 6.54. The van der Waals surface area contributed by atoms with Crippen molar-refractivity contribution < 1.29 is 19.1 Å². The number of carbonyl (C=O) groups is 2. The number of aryl methyl sites for hydroxylation is 2. The fraction of sp³-hybridized carbons (Fsp3) is 0.333. The fourth-order valence-electron chi connectivity index (χ4n) is 3.57. The second-order valence-corrected chi connectivity index (χ2v) is 7.46. The van der Waals surface area contributed by atoms with Crippen molar-refractivity contribution in [1.82, 2.24) is 10.6 Å². The summed E-state index contributed by atoms with van der Waals surface area (Å²) in [6.07, 6.45) is 1.37. The SMILES string of the molecule is CCCC1=C(C(=O)OC)C(c2cccc(OCc3cc(C)ccc3C)c2)NC(=O)N1. The number of urea groups is 1. The van der Waals surface area contributed by atoms with Crippen molar-refractivity contribution in [3.63, 3.8) is 0 Å². The first-order chi connectivity index (χ1) is 14.4. The summed E-state index contributed by atoms with van der Waals surface area (Å²) in [5.74, 6) is 0.208. The Morgan fingerprint density at radius 1 is 1.13 bits per heavy atom. The molecule has 1 heterocycles. The molecule has 2 N–H and O–H groups in total. The molecule has 2 amide bonds. The lowest BCUT2D eigenvalue weighted by Crippen LogP contribution is -2.45. The van der Waals surface area contributed by atoms with Gasteiger partial charge in [-0.3, -0.25) is 0 Å². The van der Waals surface area contributed by atoms with Crippen molar-refractivity contribution in [2.45, 2.75) is 46.3 Å². The highest BCUT2D eigenvalue weighted by Gasteiger charge is 2.33. The summed E-state index contributed by atoms with van der Waals surface area (Å²) >= 11 is 0. The van der Waals surface area contributed by atoms with E-state index in [1.54, 1.807) is 0 Å². The highest BCUT2D eigenvalue weighted by Crippen LogP contribution is 2.31. The number of rotatable bonds is 7. The predicted molar refractivity (Wildman–Crippen MR) is 115 cm³/mol. The van der Waals surface area contributed by atoms with Crippen LogP contribution < -0.4 is 15.4 Å². The van der Waals surface area contributed by atoms with Crippen molar-refractivity contribution in [3.05, 3.63) is 76.0 Å². The molecular weight excluding hydrogens is 380 g/mol. The summed E-state index contributed by atoms with van der Waals surface area (Å²) in [5, 5.41) is 5.59. The number of esters is 1. The van der Waals surface area contributed by atoms with E-state index in [2.05, 4.69) is 42.7 Å². The molecule has 2 aromatic rings. The maximum atomic E-state index is 12.5. The van der Waals surface area contributed by atoms with Gasteiger partial charge in [-0.05, 0) is 49.1 Å². The van der Waals surface area contributed by atoms with Gasteiger partial charge < -0.3 is 20.1 Å². The van der Waals surface area contributed by atoms with Gasteiger partial charge in [0.2, 0.25) is 0 Å². The van der Waals surface area contributed by atoms with Crippen LogP contribution in [0.25, 0.3) is 0 Å². The second-order valence-electron chi connectivity index (χ2n) is 7.46. The number of hydrogen-bond acceptors (Lipinski definition) is 4. The lowest BCUT2D eigenvalue weighted by molar-refractivity contribution is -0.136. The first-order valence-corrected chi connectivity index (χ1v) is 10.1. The van der Waals surface area contributed by atoms with Gasteiger partial charge in [0.15, 0.2) is 0 Å². The van der Waals surface area contributed by atoms with Crippen LogP contribution in [0.15, 0.2) is 53.7 Å². The van der Waals surface area contributed by atoms with Crippen molar-refractivity contribution in [2.24, 2.45) is 0 Å². The number of carbonyl (C=O) groups excluding carboxylic acids is 2. The van der Waals surface area contributed by atoms with Gasteiger partial charge >= 0.3 is 12.0 Å². The Bertz CT molecular complexity index is 981. The Labute approximate surface area is 177 Å². The molecule has 0 fully saturated rings. The molecule has 158 valence electrons. The zero-order valence-corrected chi connectivity index (χ0v) is 17.9. The number of amides is 2. The predicted octanol–water partition coefficient (Wildman–Crippen LogP) is 4.46. The molecule has 0 saturated carbocycles. The molecule has 30 heavy (non-hydrogen) atoms. The highest BCUT2D eigenvalue weighted by atomic mass is 16.5. The molecular formula is C24H28N2O4. The zero-order chi connectivity index (χ0) is 21.7. The highest BCUT2D eigenvalue weighted by molar-refractivity contribution is 5.95. The number of hydrogen-bond donors (Lipinski definition) is 2. The minimum Gasteiger partial charge on any atom is -0.489 e. The molecule has 1 atom stereocenters. The van der Waals surface area contributed by atoms with Crippen molar-refractivity contribution in [1.29, 1.82) is 0 Å². The first-order valence-electron chi connectivity index (χ1n) is 10.1. The molecule has 0 saturated heterocycles. The van der Waals surface area contributed by atoms with Crippen LogP contribution in [0.3, 0.4) is 0 Å². The summed E-state index contributed by atoms with van der Waals surface area (Å²) in [5.41, 5.74) is 5.25. The summed E-state index contributed by atoms with van der Waals surface area (Å²) in [7, 11) is 1.34. The largest absolute Gasteiger partial charge is 0.489 e. The molecule has 1 aliphatic heterocycles. The van der Waals surface area contributed by atoms with Crippen LogP contribution in [0.1, 0.15) is 48.1 Å². The molecule has 6 heteroatoms. The maximum absolute atomic E-state index is 12.5. The van der Waals surface area contributed by atoms with Crippen LogP contribution >= 0.6 is 0 Å². The number of methoxy groups -OCH3 is 1. The minimum atomic E-state index is -0.600. The van der Waals surface area contributed by atoms with Crippen molar-refractivity contribution >= 4 is 12.0 Å². The average molecular weight is 408 g/mol. The molecule has 0 aliphatic carbocycles. The van der Waals surface area contributed by atoms with E-state index in [0.29, 0.717) is 30.0 Å². The van der Waals surface area contributed by atoms with Crippen LogP contribution in [0, 0.1) is 13.8 Å². The van der Waals surface area contributed by atoms with Gasteiger partial charge in [0.1, 0.15) is 12.4 Å². The molecule has 1 aliphatic rings. The van der Waals surface area contributed by atoms with E-state index in [9.17, 15) is 9.59 Å². The monoisotopic (exact) mass is 408 g/mol. The first kappa shape index (κ1) is 21.4. The topological polar surface area (TPSA) is 76.7 Å². The lowest BCUT2D eigenvalue weighted by atomic mass is 9.93. The van der Waals surface area contributed by atoms with E-state index in [1.807, 2.05) is 31.2 Å². The Morgan fingerprint density at radius 2 is 1.93 bits per heavy atom. The molecule has 2 aromatic carbocycles. The maximum Gasteiger partial charge on any atom is 0.337 e. The zero-order valence-electron chi connectivity index (χ0n) is 17.9. The third-order valence-corrected chi connectivity index (χ3v) is 5.15. The molecule has 0 spiro atoms. The van der Waals surface area contributed by atoms with Gasteiger partial charge in [-0.15, -0.1) is 0 Å². The van der Waals surface area contributed by atoms with Crippen molar-refractivity contribution in [2.75, 3.05) is 7.11 Å². The van der Waals surface area contributed by atoms with Crippen LogP contribution in [0.5, 0.6) is 5.75 Å². The van der Waals surface area contributed by atoms with Crippen LogP contribution in [-0.4, -0.2) is 19.1 Å². The van der Waals surface area contributed by atoms with Crippen molar-refractivity contribution in [3.8, 4) is 5.75 Å².